The Labute approximate surface area is 187 Å². The van der Waals surface area contributed by atoms with Crippen LogP contribution in [-0.2, 0) is 10.0 Å². The summed E-state index contributed by atoms with van der Waals surface area (Å²) >= 11 is 0. The van der Waals surface area contributed by atoms with Crippen LogP contribution in [0.25, 0.3) is 0 Å². The van der Waals surface area contributed by atoms with E-state index in [1.165, 1.54) is 24.3 Å². The summed E-state index contributed by atoms with van der Waals surface area (Å²) in [6.07, 6.45) is 0.796. The van der Waals surface area contributed by atoms with Crippen LogP contribution in [0, 0.1) is 13.8 Å². The molecule has 3 aromatic carbocycles. The van der Waals surface area contributed by atoms with Gasteiger partial charge in [0.15, 0.2) is 11.5 Å². The highest BCUT2D eigenvalue weighted by Gasteiger charge is 2.17. The summed E-state index contributed by atoms with van der Waals surface area (Å²) in [5, 5.41) is 2.80. The lowest BCUT2D eigenvalue weighted by molar-refractivity contribution is 0.102. The van der Waals surface area contributed by atoms with E-state index in [1.807, 2.05) is 19.9 Å². The normalized spacial score (nSPS) is 13.2. The van der Waals surface area contributed by atoms with Gasteiger partial charge in [0, 0.05) is 29.4 Å². The molecular formula is C24H24N2O5S. The Morgan fingerprint density at radius 2 is 1.50 bits per heavy atom. The van der Waals surface area contributed by atoms with Crippen molar-refractivity contribution in [3.63, 3.8) is 0 Å². The maximum Gasteiger partial charge on any atom is 0.261 e. The number of hydrogen-bond donors (Lipinski definition) is 2. The van der Waals surface area contributed by atoms with Crippen LogP contribution in [-0.4, -0.2) is 27.5 Å². The van der Waals surface area contributed by atoms with Crippen molar-refractivity contribution in [2.45, 2.75) is 25.2 Å². The molecule has 7 nitrogen and oxygen atoms in total. The Hall–Kier alpha value is -3.52. The largest absolute Gasteiger partial charge is 0.490 e. The van der Waals surface area contributed by atoms with Gasteiger partial charge in [-0.3, -0.25) is 9.52 Å². The number of fused-ring (bicyclic) bond motifs is 1. The van der Waals surface area contributed by atoms with Crippen molar-refractivity contribution in [3.05, 3.63) is 77.4 Å². The van der Waals surface area contributed by atoms with E-state index in [-0.39, 0.29) is 10.8 Å². The van der Waals surface area contributed by atoms with Crippen molar-refractivity contribution >= 4 is 27.3 Å². The number of ether oxygens (including phenoxy) is 2. The van der Waals surface area contributed by atoms with Crippen LogP contribution in [0.4, 0.5) is 11.4 Å². The lowest BCUT2D eigenvalue weighted by atomic mass is 10.1. The molecular weight excluding hydrogens is 428 g/mol. The van der Waals surface area contributed by atoms with E-state index in [4.69, 9.17) is 9.47 Å². The summed E-state index contributed by atoms with van der Waals surface area (Å²) in [6.45, 7) is 5.02. The number of carbonyl (C=O) groups excluding carboxylic acids is 1. The predicted octanol–water partition coefficient (Wildman–Crippen LogP) is 4.52. The van der Waals surface area contributed by atoms with Crippen LogP contribution in [0.1, 0.15) is 27.9 Å². The Morgan fingerprint density at radius 1 is 0.812 bits per heavy atom. The Kier molecular flexibility index (Phi) is 6.05. The predicted molar refractivity (Wildman–Crippen MR) is 123 cm³/mol. The van der Waals surface area contributed by atoms with Gasteiger partial charge in [-0.15, -0.1) is 0 Å². The molecule has 0 spiro atoms. The van der Waals surface area contributed by atoms with Gasteiger partial charge in [0.1, 0.15) is 0 Å². The Bertz CT molecular complexity index is 1250. The van der Waals surface area contributed by atoms with Crippen LogP contribution in [0.3, 0.4) is 0 Å². The van der Waals surface area contributed by atoms with Crippen LogP contribution in [0.2, 0.25) is 0 Å². The minimum absolute atomic E-state index is 0.0721. The molecule has 0 aliphatic carbocycles. The van der Waals surface area contributed by atoms with E-state index in [0.29, 0.717) is 41.7 Å². The number of carbonyl (C=O) groups is 1. The molecule has 0 bridgehead atoms. The first-order valence-electron chi connectivity index (χ1n) is 10.2. The number of anilines is 2. The van der Waals surface area contributed by atoms with Crippen molar-refractivity contribution in [1.29, 1.82) is 0 Å². The zero-order valence-corrected chi connectivity index (χ0v) is 18.7. The molecule has 166 valence electrons. The topological polar surface area (TPSA) is 93.7 Å². The first-order valence-corrected chi connectivity index (χ1v) is 11.7. The van der Waals surface area contributed by atoms with Gasteiger partial charge in [-0.2, -0.15) is 0 Å². The molecule has 1 aliphatic rings. The average molecular weight is 453 g/mol. The fourth-order valence-electron chi connectivity index (χ4n) is 3.25. The van der Waals surface area contributed by atoms with Gasteiger partial charge in [-0.05, 0) is 73.5 Å². The highest BCUT2D eigenvalue weighted by Crippen LogP contribution is 2.32. The van der Waals surface area contributed by atoms with Crippen molar-refractivity contribution < 1.29 is 22.7 Å². The second kappa shape index (κ2) is 8.92. The van der Waals surface area contributed by atoms with Crippen molar-refractivity contribution in [2.24, 2.45) is 0 Å². The minimum atomic E-state index is -3.77. The van der Waals surface area contributed by atoms with Gasteiger partial charge in [0.2, 0.25) is 0 Å². The zero-order chi connectivity index (χ0) is 22.7. The van der Waals surface area contributed by atoms with Crippen molar-refractivity contribution in [2.75, 3.05) is 23.3 Å². The summed E-state index contributed by atoms with van der Waals surface area (Å²) < 4.78 is 39.2. The minimum Gasteiger partial charge on any atom is -0.490 e. The summed E-state index contributed by atoms with van der Waals surface area (Å²) in [7, 11) is -3.77. The first kappa shape index (κ1) is 21.7. The summed E-state index contributed by atoms with van der Waals surface area (Å²) in [4.78, 5) is 12.7. The van der Waals surface area contributed by atoms with E-state index in [9.17, 15) is 13.2 Å². The molecule has 1 amide bonds. The van der Waals surface area contributed by atoms with E-state index >= 15 is 0 Å². The lowest BCUT2D eigenvalue weighted by Crippen LogP contribution is -2.15. The third-order valence-electron chi connectivity index (χ3n) is 5.19. The number of nitrogens with one attached hydrogen (secondary N) is 2. The maximum atomic E-state index is 12.7. The highest BCUT2D eigenvalue weighted by atomic mass is 32.2. The summed E-state index contributed by atoms with van der Waals surface area (Å²) in [6, 6.07) is 16.3. The summed E-state index contributed by atoms with van der Waals surface area (Å²) in [5.74, 6) is 0.871. The molecule has 8 heteroatoms. The molecule has 0 radical (unpaired) electrons. The Balaban J connectivity index is 1.46. The number of hydrogen-bond acceptors (Lipinski definition) is 5. The molecule has 3 aromatic rings. The van der Waals surface area contributed by atoms with Gasteiger partial charge >= 0.3 is 0 Å². The van der Waals surface area contributed by atoms with Gasteiger partial charge < -0.3 is 14.8 Å². The van der Waals surface area contributed by atoms with Crippen LogP contribution in [0.15, 0.2) is 65.6 Å². The van der Waals surface area contributed by atoms with Gasteiger partial charge in [-0.1, -0.05) is 6.07 Å². The molecule has 0 saturated heterocycles. The third-order valence-corrected chi connectivity index (χ3v) is 6.59. The number of benzene rings is 3. The van der Waals surface area contributed by atoms with Gasteiger partial charge in [0.25, 0.3) is 15.9 Å². The first-order chi connectivity index (χ1) is 15.3. The number of rotatable bonds is 5. The molecule has 0 unspecified atom stereocenters. The number of amides is 1. The summed E-state index contributed by atoms with van der Waals surface area (Å²) in [5.41, 5.74) is 3.46. The van der Waals surface area contributed by atoms with Crippen molar-refractivity contribution in [3.8, 4) is 11.5 Å². The lowest BCUT2D eigenvalue weighted by Gasteiger charge is -2.12. The number of aryl methyl sites for hydroxylation is 2. The monoisotopic (exact) mass is 452 g/mol. The number of sulfonamides is 1. The van der Waals surface area contributed by atoms with Crippen LogP contribution in [0.5, 0.6) is 11.5 Å². The second-order valence-corrected chi connectivity index (χ2v) is 9.28. The third kappa shape index (κ3) is 4.86. The SMILES string of the molecule is Cc1ccc(NS(=O)(=O)c2ccc(C(=O)Nc3ccc4c(c3)OCCCO4)cc2)cc1C. The van der Waals surface area contributed by atoms with E-state index < -0.39 is 10.0 Å². The Morgan fingerprint density at radius 3 is 2.22 bits per heavy atom. The van der Waals surface area contributed by atoms with Gasteiger partial charge in [0.05, 0.1) is 18.1 Å². The molecule has 1 aliphatic heterocycles. The fourth-order valence-corrected chi connectivity index (χ4v) is 4.30. The van der Waals surface area contributed by atoms with Crippen molar-refractivity contribution in [1.82, 2.24) is 0 Å². The zero-order valence-electron chi connectivity index (χ0n) is 17.8. The highest BCUT2D eigenvalue weighted by molar-refractivity contribution is 7.92. The molecule has 0 aromatic heterocycles. The molecule has 0 saturated carbocycles. The van der Waals surface area contributed by atoms with Crippen LogP contribution >= 0.6 is 0 Å². The molecule has 4 rings (SSSR count). The molecule has 2 N–H and O–H groups in total. The molecule has 0 fully saturated rings. The maximum absolute atomic E-state index is 12.7. The van der Waals surface area contributed by atoms with E-state index in [0.717, 1.165) is 17.5 Å². The standard InChI is InChI=1S/C24H24N2O5S/c1-16-4-7-20(14-17(16)2)26-32(28,29)21-9-5-18(6-10-21)24(27)25-19-8-11-22-23(15-19)31-13-3-12-30-22/h4-11,14-15,26H,3,12-13H2,1-2H3,(H,25,27). The smallest absolute Gasteiger partial charge is 0.261 e. The van der Waals surface area contributed by atoms with Crippen LogP contribution < -0.4 is 19.5 Å². The quantitative estimate of drug-likeness (QED) is 0.594. The molecule has 1 heterocycles. The second-order valence-electron chi connectivity index (χ2n) is 7.60. The molecule has 32 heavy (non-hydrogen) atoms. The fraction of sp³-hybridized carbons (Fsp3) is 0.208. The van der Waals surface area contributed by atoms with Gasteiger partial charge in [-0.25, -0.2) is 8.42 Å². The molecule has 0 atom stereocenters. The average Bonchev–Trinajstić information content (AvgIpc) is 3.01. The van der Waals surface area contributed by atoms with E-state index in [1.54, 1.807) is 30.3 Å². The van der Waals surface area contributed by atoms with E-state index in [2.05, 4.69) is 10.0 Å².